The van der Waals surface area contributed by atoms with Crippen LogP contribution in [0.5, 0.6) is 0 Å². The van der Waals surface area contributed by atoms with Gasteiger partial charge in [-0.3, -0.25) is 10.1 Å². The lowest BCUT2D eigenvalue weighted by molar-refractivity contribution is -0.384. The molecule has 0 aliphatic carbocycles. The van der Waals surface area contributed by atoms with E-state index in [9.17, 15) is 10.1 Å². The Morgan fingerprint density at radius 1 is 1.37 bits per heavy atom. The number of pyridine rings is 1. The van der Waals surface area contributed by atoms with E-state index in [1.165, 1.54) is 12.1 Å². The molecule has 1 fully saturated rings. The van der Waals surface area contributed by atoms with Gasteiger partial charge in [0.2, 0.25) is 5.82 Å². The second-order valence-corrected chi connectivity index (χ2v) is 5.84. The summed E-state index contributed by atoms with van der Waals surface area (Å²) in [6, 6.07) is 2.91. The first kappa shape index (κ1) is 13.6. The molecule has 1 aliphatic heterocycles. The highest BCUT2D eigenvalue weighted by atomic mass is 16.6. The van der Waals surface area contributed by atoms with E-state index in [-0.39, 0.29) is 11.1 Å². The first-order valence-corrected chi connectivity index (χ1v) is 6.55. The molecule has 0 unspecified atom stereocenters. The van der Waals surface area contributed by atoms with Gasteiger partial charge in [0.1, 0.15) is 5.82 Å². The second kappa shape index (κ2) is 5.03. The molecule has 6 nitrogen and oxygen atoms in total. The third kappa shape index (κ3) is 3.13. The van der Waals surface area contributed by atoms with Crippen LogP contribution in [0.1, 0.15) is 33.1 Å². The quantitative estimate of drug-likeness (QED) is 0.655. The molecule has 0 saturated carbocycles. The first-order chi connectivity index (χ1) is 8.89. The molecule has 2 heterocycles. The van der Waals surface area contributed by atoms with Crippen LogP contribution in [-0.4, -0.2) is 23.0 Å². The predicted octanol–water partition coefficient (Wildman–Crippen LogP) is 2.59. The summed E-state index contributed by atoms with van der Waals surface area (Å²) in [5, 5.41) is 11.1. The summed E-state index contributed by atoms with van der Waals surface area (Å²) in [4.78, 5) is 16.9. The van der Waals surface area contributed by atoms with E-state index in [2.05, 4.69) is 18.8 Å². The lowest BCUT2D eigenvalue weighted by Crippen LogP contribution is -2.27. The van der Waals surface area contributed by atoms with Gasteiger partial charge in [-0.25, -0.2) is 4.98 Å². The molecular weight excluding hydrogens is 244 g/mol. The summed E-state index contributed by atoms with van der Waals surface area (Å²) in [5.74, 6) is 0.729. The molecule has 0 spiro atoms. The molecular formula is C13H20N4O2. The minimum Gasteiger partial charge on any atom is -0.384 e. The van der Waals surface area contributed by atoms with E-state index in [0.29, 0.717) is 11.6 Å². The average molecular weight is 264 g/mol. The Morgan fingerprint density at radius 2 is 2.11 bits per heavy atom. The molecule has 0 amide bonds. The van der Waals surface area contributed by atoms with Gasteiger partial charge in [0, 0.05) is 19.2 Å². The maximum absolute atomic E-state index is 11.1. The smallest absolute Gasteiger partial charge is 0.311 e. The van der Waals surface area contributed by atoms with Crippen molar-refractivity contribution in [2.75, 3.05) is 23.7 Å². The zero-order chi connectivity index (χ0) is 14.0. The average Bonchev–Trinajstić information content (AvgIpc) is 2.49. The van der Waals surface area contributed by atoms with Crippen LogP contribution in [0, 0.1) is 15.5 Å². The molecule has 1 aliphatic rings. The number of nitrogens with two attached hydrogens (primary N) is 1. The van der Waals surface area contributed by atoms with Gasteiger partial charge in [0.25, 0.3) is 0 Å². The summed E-state index contributed by atoms with van der Waals surface area (Å²) < 4.78 is 0. The van der Waals surface area contributed by atoms with Crippen molar-refractivity contribution in [3.8, 4) is 0 Å². The van der Waals surface area contributed by atoms with Crippen molar-refractivity contribution < 1.29 is 4.92 Å². The van der Waals surface area contributed by atoms with Gasteiger partial charge in [-0.15, -0.1) is 0 Å². The Morgan fingerprint density at radius 3 is 2.79 bits per heavy atom. The molecule has 6 heteroatoms. The van der Waals surface area contributed by atoms with Crippen LogP contribution < -0.4 is 10.6 Å². The number of anilines is 2. The molecule has 19 heavy (non-hydrogen) atoms. The highest BCUT2D eigenvalue weighted by molar-refractivity contribution is 5.61. The van der Waals surface area contributed by atoms with Crippen molar-refractivity contribution in [3.63, 3.8) is 0 Å². The van der Waals surface area contributed by atoms with Crippen molar-refractivity contribution in [2.24, 2.45) is 5.41 Å². The number of hydrogen-bond acceptors (Lipinski definition) is 5. The maximum atomic E-state index is 11.1. The Balaban J connectivity index is 2.30. The molecule has 0 atom stereocenters. The summed E-state index contributed by atoms with van der Waals surface area (Å²) >= 11 is 0. The summed E-state index contributed by atoms with van der Waals surface area (Å²) in [7, 11) is 0. The Hall–Kier alpha value is -1.85. The fourth-order valence-electron chi connectivity index (χ4n) is 2.47. The zero-order valence-corrected chi connectivity index (χ0v) is 11.4. The van der Waals surface area contributed by atoms with E-state index < -0.39 is 4.92 Å². The van der Waals surface area contributed by atoms with Crippen molar-refractivity contribution in [3.05, 3.63) is 22.2 Å². The van der Waals surface area contributed by atoms with Crippen molar-refractivity contribution in [2.45, 2.75) is 33.1 Å². The standard InChI is InChI=1S/C13H20N4O2/c1-13(2)6-3-8-16(9-7-13)12-10(17(18)19)4-5-11(14)15-12/h4-5H,3,6-9H2,1-2H3,(H2,14,15). The number of hydrogen-bond donors (Lipinski definition) is 1. The van der Waals surface area contributed by atoms with E-state index >= 15 is 0 Å². The van der Waals surface area contributed by atoms with Gasteiger partial charge >= 0.3 is 5.69 Å². The van der Waals surface area contributed by atoms with Crippen molar-refractivity contribution >= 4 is 17.3 Å². The second-order valence-electron chi connectivity index (χ2n) is 5.84. The number of nitro groups is 1. The highest BCUT2D eigenvalue weighted by Gasteiger charge is 2.27. The molecule has 0 bridgehead atoms. The number of aromatic nitrogens is 1. The lowest BCUT2D eigenvalue weighted by Gasteiger charge is -2.23. The first-order valence-electron chi connectivity index (χ1n) is 6.55. The monoisotopic (exact) mass is 264 g/mol. The third-order valence-corrected chi connectivity index (χ3v) is 3.71. The van der Waals surface area contributed by atoms with Crippen LogP contribution in [0.4, 0.5) is 17.3 Å². The molecule has 1 aromatic heterocycles. The number of nitrogens with zero attached hydrogens (tertiary/aromatic N) is 3. The van der Waals surface area contributed by atoms with Crippen molar-refractivity contribution in [1.29, 1.82) is 0 Å². The van der Waals surface area contributed by atoms with Crippen LogP contribution in [0.25, 0.3) is 0 Å². The summed E-state index contributed by atoms with van der Waals surface area (Å²) in [6.45, 7) is 6.04. The highest BCUT2D eigenvalue weighted by Crippen LogP contribution is 2.34. The maximum Gasteiger partial charge on any atom is 0.311 e. The van der Waals surface area contributed by atoms with Crippen molar-refractivity contribution in [1.82, 2.24) is 4.98 Å². The van der Waals surface area contributed by atoms with Gasteiger partial charge < -0.3 is 10.6 Å². The largest absolute Gasteiger partial charge is 0.384 e. The van der Waals surface area contributed by atoms with Gasteiger partial charge in [-0.1, -0.05) is 13.8 Å². The zero-order valence-electron chi connectivity index (χ0n) is 11.4. The van der Waals surface area contributed by atoms with Gasteiger partial charge in [-0.05, 0) is 30.7 Å². The number of nitrogen functional groups attached to an aromatic ring is 1. The molecule has 104 valence electrons. The van der Waals surface area contributed by atoms with E-state index in [4.69, 9.17) is 5.73 Å². The normalized spacial score (nSPS) is 18.9. The van der Waals surface area contributed by atoms with Gasteiger partial charge in [0.15, 0.2) is 0 Å². The molecule has 1 aromatic rings. The Kier molecular flexibility index (Phi) is 3.59. The number of rotatable bonds is 2. The lowest BCUT2D eigenvalue weighted by atomic mass is 9.85. The van der Waals surface area contributed by atoms with Crippen LogP contribution in [0.2, 0.25) is 0 Å². The molecule has 2 rings (SSSR count). The fraction of sp³-hybridized carbons (Fsp3) is 0.615. The molecule has 0 aromatic carbocycles. The van der Waals surface area contributed by atoms with Gasteiger partial charge in [0.05, 0.1) is 4.92 Å². The SMILES string of the molecule is CC1(C)CCCN(c2nc(N)ccc2[N+](=O)[O-])CC1. The molecule has 0 radical (unpaired) electrons. The van der Waals surface area contributed by atoms with E-state index in [0.717, 1.165) is 32.4 Å². The minimum atomic E-state index is -0.391. The Bertz CT molecular complexity index is 488. The van der Waals surface area contributed by atoms with Crippen LogP contribution in [-0.2, 0) is 0 Å². The Labute approximate surface area is 112 Å². The van der Waals surface area contributed by atoms with E-state index in [1.54, 1.807) is 0 Å². The molecule has 1 saturated heterocycles. The van der Waals surface area contributed by atoms with Crippen LogP contribution >= 0.6 is 0 Å². The fourth-order valence-corrected chi connectivity index (χ4v) is 2.47. The summed E-state index contributed by atoms with van der Waals surface area (Å²) in [5.41, 5.74) is 5.98. The van der Waals surface area contributed by atoms with Crippen LogP contribution in [0.15, 0.2) is 12.1 Å². The molecule has 2 N–H and O–H groups in total. The third-order valence-electron chi connectivity index (χ3n) is 3.71. The van der Waals surface area contributed by atoms with Crippen LogP contribution in [0.3, 0.4) is 0 Å². The topological polar surface area (TPSA) is 85.3 Å². The predicted molar refractivity (Wildman–Crippen MR) is 75.1 cm³/mol. The summed E-state index contributed by atoms with van der Waals surface area (Å²) in [6.07, 6.45) is 3.14. The van der Waals surface area contributed by atoms with E-state index in [1.807, 2.05) is 4.90 Å². The minimum absolute atomic E-state index is 0.0360. The van der Waals surface area contributed by atoms with Gasteiger partial charge in [-0.2, -0.15) is 0 Å².